The van der Waals surface area contributed by atoms with Gasteiger partial charge in [0, 0.05) is 12.6 Å². The van der Waals surface area contributed by atoms with E-state index in [1.54, 1.807) is 0 Å². The van der Waals surface area contributed by atoms with Crippen LogP contribution in [-0.4, -0.2) is 23.7 Å². The number of carbonyl (C=O) groups is 1. The Labute approximate surface area is 121 Å². The molecule has 0 bridgehead atoms. The number of hydrogen-bond acceptors (Lipinski definition) is 2. The van der Waals surface area contributed by atoms with Gasteiger partial charge in [0.15, 0.2) is 0 Å². The van der Waals surface area contributed by atoms with Crippen molar-refractivity contribution in [1.82, 2.24) is 5.32 Å². The molecule has 2 atom stereocenters. The summed E-state index contributed by atoms with van der Waals surface area (Å²) in [4.78, 5) is 11.4. The Morgan fingerprint density at radius 3 is 2.50 bits per heavy atom. The predicted octanol–water partition coefficient (Wildman–Crippen LogP) is 3.41. The lowest BCUT2D eigenvalue weighted by Gasteiger charge is -2.29. The fourth-order valence-corrected chi connectivity index (χ4v) is 3.14. The predicted molar refractivity (Wildman–Crippen MR) is 80.9 cm³/mol. The molecule has 1 aliphatic rings. The normalized spacial score (nSPS) is 19.4. The van der Waals surface area contributed by atoms with Crippen molar-refractivity contribution in [2.75, 3.05) is 6.54 Å². The van der Waals surface area contributed by atoms with Crippen LogP contribution < -0.4 is 5.32 Å². The average molecular weight is 275 g/mol. The number of nitrogens with one attached hydrogen (secondary N) is 1. The van der Waals surface area contributed by atoms with Gasteiger partial charge in [-0.3, -0.25) is 4.79 Å². The monoisotopic (exact) mass is 275 g/mol. The van der Waals surface area contributed by atoms with Crippen LogP contribution in [0.25, 0.3) is 0 Å². The second-order valence-electron chi connectivity index (χ2n) is 5.90. The Hall–Kier alpha value is -1.35. The van der Waals surface area contributed by atoms with E-state index in [0.717, 1.165) is 5.56 Å². The molecule has 20 heavy (non-hydrogen) atoms. The van der Waals surface area contributed by atoms with Gasteiger partial charge >= 0.3 is 5.97 Å². The number of benzene rings is 1. The zero-order valence-corrected chi connectivity index (χ0v) is 12.2. The summed E-state index contributed by atoms with van der Waals surface area (Å²) in [5, 5.41) is 12.9. The lowest BCUT2D eigenvalue weighted by Crippen LogP contribution is -2.38. The third kappa shape index (κ3) is 4.07. The van der Waals surface area contributed by atoms with Crippen LogP contribution in [0.4, 0.5) is 0 Å². The number of carboxylic acid groups (broad SMARTS) is 1. The van der Waals surface area contributed by atoms with Crippen LogP contribution in [0, 0.1) is 5.92 Å². The maximum absolute atomic E-state index is 11.4. The first-order valence-electron chi connectivity index (χ1n) is 7.69. The van der Waals surface area contributed by atoms with Gasteiger partial charge in [0.2, 0.25) is 0 Å². The van der Waals surface area contributed by atoms with Crippen LogP contribution in [0.15, 0.2) is 30.3 Å². The summed E-state index contributed by atoms with van der Waals surface area (Å²) in [6, 6.07) is 9.91. The highest BCUT2D eigenvalue weighted by molar-refractivity contribution is 5.76. The molecular weight excluding hydrogens is 250 g/mol. The zero-order valence-electron chi connectivity index (χ0n) is 12.2. The van der Waals surface area contributed by atoms with Gasteiger partial charge in [0.1, 0.15) is 0 Å². The molecule has 0 heterocycles. The molecule has 0 aromatic heterocycles. The van der Waals surface area contributed by atoms with Crippen LogP contribution in [0.2, 0.25) is 0 Å². The highest BCUT2D eigenvalue weighted by atomic mass is 16.4. The molecular formula is C17H25NO2. The Morgan fingerprint density at radius 2 is 1.90 bits per heavy atom. The first-order chi connectivity index (χ1) is 9.68. The molecule has 2 rings (SSSR count). The van der Waals surface area contributed by atoms with E-state index in [-0.39, 0.29) is 0 Å². The fraction of sp³-hybridized carbons (Fsp3) is 0.588. The third-order valence-corrected chi connectivity index (χ3v) is 4.50. The molecule has 0 aliphatic heterocycles. The van der Waals surface area contributed by atoms with Gasteiger partial charge < -0.3 is 10.4 Å². The Balaban J connectivity index is 1.90. The van der Waals surface area contributed by atoms with E-state index in [0.29, 0.717) is 18.5 Å². The maximum atomic E-state index is 11.4. The van der Waals surface area contributed by atoms with Crippen molar-refractivity contribution in [2.24, 2.45) is 5.92 Å². The number of rotatable bonds is 6. The van der Waals surface area contributed by atoms with Gasteiger partial charge in [-0.15, -0.1) is 0 Å². The summed E-state index contributed by atoms with van der Waals surface area (Å²) in [6.07, 6.45) is 6.54. The SMILES string of the molecule is CC(NCC(C(=O)O)c1ccccc1)C1CCCCC1. The highest BCUT2D eigenvalue weighted by Gasteiger charge is 2.23. The molecule has 1 fully saturated rings. The fourth-order valence-electron chi connectivity index (χ4n) is 3.14. The van der Waals surface area contributed by atoms with E-state index < -0.39 is 11.9 Å². The van der Waals surface area contributed by atoms with Crippen molar-refractivity contribution in [2.45, 2.75) is 51.0 Å². The van der Waals surface area contributed by atoms with Gasteiger partial charge in [0.25, 0.3) is 0 Å². The largest absolute Gasteiger partial charge is 0.481 e. The molecule has 0 spiro atoms. The van der Waals surface area contributed by atoms with E-state index in [1.807, 2.05) is 30.3 Å². The smallest absolute Gasteiger partial charge is 0.312 e. The minimum Gasteiger partial charge on any atom is -0.481 e. The molecule has 0 saturated heterocycles. The molecule has 2 unspecified atom stereocenters. The standard InChI is InChI=1S/C17H25NO2/c1-13(14-8-4-2-5-9-14)18-12-16(17(19)20)15-10-6-3-7-11-15/h3,6-7,10-11,13-14,16,18H,2,4-5,8-9,12H2,1H3,(H,19,20). The van der Waals surface area contributed by atoms with Crippen LogP contribution >= 0.6 is 0 Å². The number of aliphatic carboxylic acids is 1. The first-order valence-corrected chi connectivity index (χ1v) is 7.69. The summed E-state index contributed by atoms with van der Waals surface area (Å²) >= 11 is 0. The lowest BCUT2D eigenvalue weighted by atomic mass is 9.84. The zero-order chi connectivity index (χ0) is 14.4. The van der Waals surface area contributed by atoms with Gasteiger partial charge in [-0.25, -0.2) is 0 Å². The lowest BCUT2D eigenvalue weighted by molar-refractivity contribution is -0.138. The number of carboxylic acids is 1. The van der Waals surface area contributed by atoms with Crippen LogP contribution in [0.1, 0.15) is 50.5 Å². The maximum Gasteiger partial charge on any atom is 0.312 e. The molecule has 3 heteroatoms. The summed E-state index contributed by atoms with van der Waals surface area (Å²) in [5.41, 5.74) is 0.878. The molecule has 110 valence electrons. The van der Waals surface area contributed by atoms with E-state index in [2.05, 4.69) is 12.2 Å². The summed E-state index contributed by atoms with van der Waals surface area (Å²) in [6.45, 7) is 2.71. The van der Waals surface area contributed by atoms with Gasteiger partial charge in [0.05, 0.1) is 5.92 Å². The highest BCUT2D eigenvalue weighted by Crippen LogP contribution is 2.26. The molecule has 1 aliphatic carbocycles. The summed E-state index contributed by atoms with van der Waals surface area (Å²) in [5.74, 6) is -0.504. The minimum atomic E-state index is -0.750. The van der Waals surface area contributed by atoms with E-state index >= 15 is 0 Å². The Morgan fingerprint density at radius 1 is 1.25 bits per heavy atom. The van der Waals surface area contributed by atoms with E-state index in [1.165, 1.54) is 32.1 Å². The first kappa shape index (κ1) is 15.0. The molecule has 0 radical (unpaired) electrons. The van der Waals surface area contributed by atoms with Crippen LogP contribution in [-0.2, 0) is 4.79 Å². The topological polar surface area (TPSA) is 49.3 Å². The van der Waals surface area contributed by atoms with Gasteiger partial charge in [-0.2, -0.15) is 0 Å². The Kier molecular flexibility index (Phi) is 5.60. The van der Waals surface area contributed by atoms with Crippen molar-refractivity contribution < 1.29 is 9.90 Å². The van der Waals surface area contributed by atoms with E-state index in [9.17, 15) is 9.90 Å². The molecule has 1 aromatic carbocycles. The van der Waals surface area contributed by atoms with Gasteiger partial charge in [-0.05, 0) is 31.2 Å². The van der Waals surface area contributed by atoms with Crippen molar-refractivity contribution in [3.05, 3.63) is 35.9 Å². The second kappa shape index (κ2) is 7.44. The van der Waals surface area contributed by atoms with Gasteiger partial charge in [-0.1, -0.05) is 49.6 Å². The molecule has 2 N–H and O–H groups in total. The summed E-state index contributed by atoms with van der Waals surface area (Å²) < 4.78 is 0. The molecule has 1 saturated carbocycles. The second-order valence-corrected chi connectivity index (χ2v) is 5.90. The van der Waals surface area contributed by atoms with Crippen LogP contribution in [0.5, 0.6) is 0 Å². The molecule has 3 nitrogen and oxygen atoms in total. The third-order valence-electron chi connectivity index (χ3n) is 4.50. The summed E-state index contributed by atoms with van der Waals surface area (Å²) in [7, 11) is 0. The minimum absolute atomic E-state index is 0.404. The quantitative estimate of drug-likeness (QED) is 0.836. The Bertz CT molecular complexity index is 412. The van der Waals surface area contributed by atoms with Crippen molar-refractivity contribution >= 4 is 5.97 Å². The number of hydrogen-bond donors (Lipinski definition) is 2. The average Bonchev–Trinajstić information content (AvgIpc) is 2.49. The molecule has 0 amide bonds. The van der Waals surface area contributed by atoms with Crippen molar-refractivity contribution in [3.8, 4) is 0 Å². The van der Waals surface area contributed by atoms with Crippen molar-refractivity contribution in [1.29, 1.82) is 0 Å². The van der Waals surface area contributed by atoms with E-state index in [4.69, 9.17) is 0 Å². The van der Waals surface area contributed by atoms with Crippen LogP contribution in [0.3, 0.4) is 0 Å². The van der Waals surface area contributed by atoms with Crippen molar-refractivity contribution in [3.63, 3.8) is 0 Å². The molecule has 1 aromatic rings.